The Labute approximate surface area is 185 Å². The van der Waals surface area contributed by atoms with Crippen LogP contribution in [-0.2, 0) is 4.74 Å². The number of ether oxygens (including phenoxy) is 1. The number of likely N-dealkylation sites (tertiary alicyclic amines) is 1. The number of nitrogens with zero attached hydrogens (tertiary/aromatic N) is 1. The van der Waals surface area contributed by atoms with E-state index in [0.717, 1.165) is 22.4 Å². The number of aliphatic hydroxyl groups excluding tert-OH is 1. The van der Waals surface area contributed by atoms with E-state index in [1.54, 1.807) is 24.3 Å². The molecule has 0 radical (unpaired) electrons. The molecule has 0 spiro atoms. The average Bonchev–Trinajstić information content (AvgIpc) is 3.52. The summed E-state index contributed by atoms with van der Waals surface area (Å²) in [6, 6.07) is 13.3. The van der Waals surface area contributed by atoms with E-state index in [0.29, 0.717) is 19.3 Å². The van der Waals surface area contributed by atoms with Gasteiger partial charge in [-0.25, -0.2) is 8.78 Å². The van der Waals surface area contributed by atoms with Crippen molar-refractivity contribution in [1.82, 2.24) is 4.90 Å². The normalized spacial score (nSPS) is 27.1. The molecule has 2 fully saturated rings. The standard InChI is InChI=1S/C26H25F2NO3/c27-19-6-1-16(2-7-19)18(15-30)5-14-23-24(17-3-12-22(31)13-4-17)29(26-25(23)32-26)21-10-8-20(28)9-11-21/h1-8,10,12-13,23-26,30-31H,9,11,14-15H2/b18-5+/t23-,24-,25?,26?/m1/s1. The first kappa shape index (κ1) is 20.9. The van der Waals surface area contributed by atoms with E-state index in [2.05, 4.69) is 4.90 Å². The van der Waals surface area contributed by atoms with Crippen molar-refractivity contribution in [3.63, 3.8) is 0 Å². The van der Waals surface area contributed by atoms with Crippen molar-refractivity contribution < 1.29 is 23.7 Å². The quantitative estimate of drug-likeness (QED) is 0.608. The number of hydrogen-bond donors (Lipinski definition) is 2. The number of benzene rings is 2. The van der Waals surface area contributed by atoms with Crippen molar-refractivity contribution in [2.75, 3.05) is 6.61 Å². The maximum Gasteiger partial charge on any atom is 0.158 e. The number of phenolic OH excluding ortho intramolecular Hbond substituents is 1. The summed E-state index contributed by atoms with van der Waals surface area (Å²) in [4.78, 5) is 2.25. The molecule has 0 aromatic heterocycles. The van der Waals surface area contributed by atoms with Gasteiger partial charge >= 0.3 is 0 Å². The molecule has 2 unspecified atom stereocenters. The third-order valence-corrected chi connectivity index (χ3v) is 6.57. The van der Waals surface area contributed by atoms with Crippen molar-refractivity contribution in [2.45, 2.75) is 37.6 Å². The zero-order valence-corrected chi connectivity index (χ0v) is 17.5. The molecular formula is C26H25F2NO3. The van der Waals surface area contributed by atoms with Crippen molar-refractivity contribution in [1.29, 1.82) is 0 Å². The van der Waals surface area contributed by atoms with Crippen molar-refractivity contribution in [2.24, 2.45) is 5.92 Å². The third kappa shape index (κ3) is 3.96. The fourth-order valence-corrected chi connectivity index (χ4v) is 4.91. The van der Waals surface area contributed by atoms with Crippen molar-refractivity contribution in [3.05, 3.63) is 95.2 Å². The molecule has 6 heteroatoms. The number of allylic oxidation sites excluding steroid dienone is 5. The first-order valence-corrected chi connectivity index (χ1v) is 10.9. The van der Waals surface area contributed by atoms with Gasteiger partial charge in [0.15, 0.2) is 6.23 Å². The fraction of sp³-hybridized carbons (Fsp3) is 0.308. The molecule has 32 heavy (non-hydrogen) atoms. The Kier molecular flexibility index (Phi) is 5.57. The van der Waals surface area contributed by atoms with Crippen LogP contribution in [0, 0.1) is 11.7 Å². The predicted octanol–water partition coefficient (Wildman–Crippen LogP) is 5.23. The van der Waals surface area contributed by atoms with Crippen LogP contribution >= 0.6 is 0 Å². The molecule has 2 aromatic carbocycles. The minimum atomic E-state index is -0.315. The summed E-state index contributed by atoms with van der Waals surface area (Å²) in [5.74, 6) is -0.112. The minimum absolute atomic E-state index is 0.00423. The minimum Gasteiger partial charge on any atom is -0.508 e. The maximum absolute atomic E-state index is 13.6. The molecule has 3 aliphatic rings. The molecule has 2 heterocycles. The number of epoxide rings is 1. The lowest BCUT2D eigenvalue weighted by Gasteiger charge is -2.35. The molecule has 0 bridgehead atoms. The highest BCUT2D eigenvalue weighted by atomic mass is 19.1. The van der Waals surface area contributed by atoms with Gasteiger partial charge in [0.1, 0.15) is 23.5 Å². The molecule has 2 saturated heterocycles. The van der Waals surface area contributed by atoms with E-state index in [4.69, 9.17) is 4.74 Å². The molecule has 2 N–H and O–H groups in total. The summed E-state index contributed by atoms with van der Waals surface area (Å²) >= 11 is 0. The summed E-state index contributed by atoms with van der Waals surface area (Å²) in [7, 11) is 0. The van der Waals surface area contributed by atoms with Crippen LogP contribution in [0.5, 0.6) is 5.75 Å². The lowest BCUT2D eigenvalue weighted by atomic mass is 9.88. The van der Waals surface area contributed by atoms with Gasteiger partial charge in [0.25, 0.3) is 0 Å². The van der Waals surface area contributed by atoms with E-state index in [1.807, 2.05) is 24.3 Å². The molecule has 1 aliphatic carbocycles. The summed E-state index contributed by atoms with van der Waals surface area (Å²) in [5.41, 5.74) is 3.63. The highest BCUT2D eigenvalue weighted by molar-refractivity contribution is 5.66. The first-order valence-electron chi connectivity index (χ1n) is 10.9. The monoisotopic (exact) mass is 437 g/mol. The molecule has 2 aromatic rings. The van der Waals surface area contributed by atoms with E-state index in [9.17, 15) is 19.0 Å². The van der Waals surface area contributed by atoms with Gasteiger partial charge in [-0.05, 0) is 66.0 Å². The Morgan fingerprint density at radius 3 is 2.44 bits per heavy atom. The zero-order chi connectivity index (χ0) is 22.2. The van der Waals surface area contributed by atoms with E-state index in [-0.39, 0.29) is 48.3 Å². The largest absolute Gasteiger partial charge is 0.508 e. The topological polar surface area (TPSA) is 56.2 Å². The summed E-state index contributed by atoms with van der Waals surface area (Å²) in [5, 5.41) is 19.7. The number of halogens is 2. The van der Waals surface area contributed by atoms with Crippen LogP contribution < -0.4 is 0 Å². The second-order valence-electron chi connectivity index (χ2n) is 8.50. The predicted molar refractivity (Wildman–Crippen MR) is 117 cm³/mol. The summed E-state index contributed by atoms with van der Waals surface area (Å²) in [6.45, 7) is -0.143. The number of aromatic hydroxyl groups is 1. The molecule has 0 saturated carbocycles. The van der Waals surface area contributed by atoms with E-state index < -0.39 is 0 Å². The number of fused-ring (bicyclic) bond motifs is 1. The Morgan fingerprint density at radius 1 is 1.03 bits per heavy atom. The second kappa shape index (κ2) is 8.52. The molecular weight excluding hydrogens is 412 g/mol. The van der Waals surface area contributed by atoms with Crippen LogP contribution in [0.1, 0.15) is 36.4 Å². The van der Waals surface area contributed by atoms with Gasteiger partial charge in [0, 0.05) is 18.0 Å². The van der Waals surface area contributed by atoms with Gasteiger partial charge in [-0.15, -0.1) is 0 Å². The first-order chi connectivity index (χ1) is 15.5. The van der Waals surface area contributed by atoms with Gasteiger partial charge in [-0.3, -0.25) is 0 Å². The number of hydrogen-bond acceptors (Lipinski definition) is 4. The zero-order valence-electron chi connectivity index (χ0n) is 17.5. The molecule has 4 atom stereocenters. The van der Waals surface area contributed by atoms with Crippen molar-refractivity contribution >= 4 is 5.57 Å². The Hall–Kier alpha value is -2.96. The van der Waals surface area contributed by atoms with E-state index in [1.165, 1.54) is 18.2 Å². The second-order valence-corrected chi connectivity index (χ2v) is 8.50. The van der Waals surface area contributed by atoms with Crippen LogP contribution in [0.4, 0.5) is 8.78 Å². The number of rotatable bonds is 6. The third-order valence-electron chi connectivity index (χ3n) is 6.57. The highest BCUT2D eigenvalue weighted by Crippen LogP contribution is 2.55. The maximum atomic E-state index is 13.6. The van der Waals surface area contributed by atoms with Gasteiger partial charge < -0.3 is 19.8 Å². The lowest BCUT2D eigenvalue weighted by Crippen LogP contribution is -2.30. The molecule has 0 amide bonds. The van der Waals surface area contributed by atoms with Crippen LogP contribution in [-0.4, -0.2) is 34.1 Å². The average molecular weight is 437 g/mol. The molecule has 5 rings (SSSR count). The van der Waals surface area contributed by atoms with Gasteiger partial charge in [-0.2, -0.15) is 0 Å². The van der Waals surface area contributed by atoms with Crippen molar-refractivity contribution in [3.8, 4) is 5.75 Å². The molecule has 166 valence electrons. The van der Waals surface area contributed by atoms with E-state index >= 15 is 0 Å². The summed E-state index contributed by atoms with van der Waals surface area (Å²) < 4.78 is 32.9. The molecule has 4 nitrogen and oxygen atoms in total. The van der Waals surface area contributed by atoms with Crippen LogP contribution in [0.25, 0.3) is 5.57 Å². The smallest absolute Gasteiger partial charge is 0.158 e. The van der Waals surface area contributed by atoms with Crippen LogP contribution in [0.3, 0.4) is 0 Å². The Morgan fingerprint density at radius 2 is 1.78 bits per heavy atom. The molecule has 2 aliphatic heterocycles. The number of phenols is 1. The van der Waals surface area contributed by atoms with Gasteiger partial charge in [-0.1, -0.05) is 30.3 Å². The lowest BCUT2D eigenvalue weighted by molar-refractivity contribution is 0.1000. The SMILES string of the molecule is OC/C(=C\C[C@H]1C2OC2N(C2=CC=C(F)CC2)[C@@H]1c1ccc(O)cc1)c1ccc(F)cc1. The van der Waals surface area contributed by atoms with Crippen LogP contribution in [0.2, 0.25) is 0 Å². The van der Waals surface area contributed by atoms with Gasteiger partial charge in [0.05, 0.1) is 12.6 Å². The van der Waals surface area contributed by atoms with Gasteiger partial charge in [0.2, 0.25) is 0 Å². The number of aliphatic hydroxyl groups is 1. The Balaban J connectivity index is 1.46. The fourth-order valence-electron chi connectivity index (χ4n) is 4.91. The summed E-state index contributed by atoms with van der Waals surface area (Å²) in [6.07, 6.45) is 6.99. The Bertz CT molecular complexity index is 1080. The highest BCUT2D eigenvalue weighted by Gasteiger charge is 2.61. The van der Waals surface area contributed by atoms with Crippen LogP contribution in [0.15, 0.2) is 78.3 Å².